The van der Waals surface area contributed by atoms with Crippen molar-refractivity contribution in [2.45, 2.75) is 26.2 Å². The maximum Gasteiger partial charge on any atom is 0.222 e. The summed E-state index contributed by atoms with van der Waals surface area (Å²) in [5.41, 5.74) is 1.53. The van der Waals surface area contributed by atoms with Gasteiger partial charge in [-0.25, -0.2) is 0 Å². The molecule has 0 fully saturated rings. The van der Waals surface area contributed by atoms with Crippen molar-refractivity contribution in [2.75, 3.05) is 20.7 Å². The predicted molar refractivity (Wildman–Crippen MR) is 78.5 cm³/mol. The zero-order chi connectivity index (χ0) is 15.0. The molecule has 0 atom stereocenters. The van der Waals surface area contributed by atoms with E-state index < -0.39 is 0 Å². The number of rotatable bonds is 7. The second kappa shape index (κ2) is 8.19. The molecule has 0 aliphatic heterocycles. The monoisotopic (exact) mass is 278 g/mol. The highest BCUT2D eigenvalue weighted by Gasteiger charge is 2.04. The van der Waals surface area contributed by atoms with Gasteiger partial charge in [-0.3, -0.25) is 4.79 Å². The molecule has 5 nitrogen and oxygen atoms in total. The van der Waals surface area contributed by atoms with Gasteiger partial charge >= 0.3 is 0 Å². The molecule has 1 aromatic rings. The maximum absolute atomic E-state index is 11.4. The highest BCUT2D eigenvalue weighted by atomic mass is 16.5. The average Bonchev–Trinajstić information content (AvgIpc) is 2.46. The van der Waals surface area contributed by atoms with Gasteiger partial charge in [0.2, 0.25) is 5.91 Å². The summed E-state index contributed by atoms with van der Waals surface area (Å²) in [5, 5.41) is 12.1. The molecular formula is C15H22N2O3. The fourth-order valence-corrected chi connectivity index (χ4v) is 1.71. The Morgan fingerprint density at radius 3 is 2.45 bits per heavy atom. The lowest BCUT2D eigenvalue weighted by Crippen LogP contribution is -2.21. The lowest BCUT2D eigenvalue weighted by Gasteiger charge is -2.10. The average molecular weight is 278 g/mol. The Morgan fingerprint density at radius 2 is 1.95 bits per heavy atom. The van der Waals surface area contributed by atoms with Crippen molar-refractivity contribution in [3.63, 3.8) is 0 Å². The third-order valence-corrected chi connectivity index (χ3v) is 2.95. The van der Waals surface area contributed by atoms with Crippen molar-refractivity contribution in [1.82, 2.24) is 4.90 Å². The predicted octanol–water partition coefficient (Wildman–Crippen LogP) is 2.52. The van der Waals surface area contributed by atoms with Gasteiger partial charge in [0.15, 0.2) is 0 Å². The molecule has 0 radical (unpaired) electrons. The Balaban J connectivity index is 2.41. The van der Waals surface area contributed by atoms with Crippen LogP contribution in [0.1, 0.15) is 31.7 Å². The molecule has 0 saturated heterocycles. The Bertz CT molecular complexity index is 453. The van der Waals surface area contributed by atoms with Crippen LogP contribution < -0.4 is 4.74 Å². The minimum Gasteiger partial charge on any atom is -0.494 e. The largest absolute Gasteiger partial charge is 0.494 e. The van der Waals surface area contributed by atoms with E-state index in [9.17, 15) is 4.79 Å². The number of carbonyl (C=O) groups excluding carboxylic acids is 1. The molecule has 0 unspecified atom stereocenters. The van der Waals surface area contributed by atoms with Gasteiger partial charge in [0.25, 0.3) is 0 Å². The third kappa shape index (κ3) is 4.91. The molecule has 1 amide bonds. The number of benzene rings is 1. The van der Waals surface area contributed by atoms with Crippen molar-refractivity contribution < 1.29 is 14.7 Å². The van der Waals surface area contributed by atoms with Crippen molar-refractivity contribution >= 4 is 11.6 Å². The molecular weight excluding hydrogens is 256 g/mol. The maximum atomic E-state index is 11.4. The lowest BCUT2D eigenvalue weighted by atomic mass is 10.1. The molecule has 0 saturated carbocycles. The van der Waals surface area contributed by atoms with E-state index >= 15 is 0 Å². The number of amides is 1. The van der Waals surface area contributed by atoms with Crippen molar-refractivity contribution in [2.24, 2.45) is 5.16 Å². The van der Waals surface area contributed by atoms with Crippen molar-refractivity contribution in [1.29, 1.82) is 0 Å². The summed E-state index contributed by atoms with van der Waals surface area (Å²) in [5.74, 6) is 0.857. The molecule has 0 bridgehead atoms. The minimum atomic E-state index is 0.107. The van der Waals surface area contributed by atoms with Crippen LogP contribution in [0.25, 0.3) is 0 Å². The van der Waals surface area contributed by atoms with E-state index in [0.29, 0.717) is 31.6 Å². The highest BCUT2D eigenvalue weighted by Crippen LogP contribution is 2.14. The Kier molecular flexibility index (Phi) is 6.56. The summed E-state index contributed by atoms with van der Waals surface area (Å²) in [6.07, 6.45) is 1.85. The van der Waals surface area contributed by atoms with Crippen LogP contribution in [0.2, 0.25) is 0 Å². The van der Waals surface area contributed by atoms with Gasteiger partial charge in [-0.1, -0.05) is 12.1 Å². The quantitative estimate of drug-likeness (QED) is 0.361. The van der Waals surface area contributed by atoms with Crippen LogP contribution in [-0.4, -0.2) is 42.4 Å². The molecule has 0 aliphatic carbocycles. The molecule has 20 heavy (non-hydrogen) atoms. The molecule has 1 rings (SSSR count). The topological polar surface area (TPSA) is 62.1 Å². The molecule has 0 spiro atoms. The smallest absolute Gasteiger partial charge is 0.222 e. The van der Waals surface area contributed by atoms with E-state index in [1.807, 2.05) is 31.2 Å². The van der Waals surface area contributed by atoms with E-state index in [-0.39, 0.29) is 5.91 Å². The van der Waals surface area contributed by atoms with Crippen LogP contribution in [0.4, 0.5) is 0 Å². The van der Waals surface area contributed by atoms with Gasteiger partial charge in [0.1, 0.15) is 5.75 Å². The molecule has 1 aromatic carbocycles. The summed E-state index contributed by atoms with van der Waals surface area (Å²) in [7, 11) is 3.49. The first-order chi connectivity index (χ1) is 9.58. The molecule has 1 N–H and O–H groups in total. The Labute approximate surface area is 119 Å². The van der Waals surface area contributed by atoms with Crippen LogP contribution in [0.5, 0.6) is 5.75 Å². The van der Waals surface area contributed by atoms with E-state index in [4.69, 9.17) is 9.94 Å². The van der Waals surface area contributed by atoms with Gasteiger partial charge in [-0.2, -0.15) is 0 Å². The van der Waals surface area contributed by atoms with Crippen LogP contribution in [0, 0.1) is 0 Å². The fourth-order valence-electron chi connectivity index (χ4n) is 1.71. The van der Waals surface area contributed by atoms with Crippen LogP contribution >= 0.6 is 0 Å². The standard InChI is InChI=1S/C15H22N2O3/c1-4-14(16-19)12-7-9-13(10-8-12)20-11-5-6-15(18)17(2)3/h7-10,19H,4-6,11H2,1-3H3. The molecule has 110 valence electrons. The Morgan fingerprint density at radius 1 is 1.30 bits per heavy atom. The first-order valence-electron chi connectivity index (χ1n) is 6.72. The molecule has 0 aliphatic rings. The SMILES string of the molecule is CCC(=NO)c1ccc(OCCCC(=O)N(C)C)cc1. The second-order valence-electron chi connectivity index (χ2n) is 4.66. The number of oxime groups is 1. The first kappa shape index (κ1) is 16.0. The van der Waals surface area contributed by atoms with E-state index in [2.05, 4.69) is 5.16 Å². The zero-order valence-electron chi connectivity index (χ0n) is 12.3. The van der Waals surface area contributed by atoms with Gasteiger partial charge in [-0.05, 0) is 42.7 Å². The third-order valence-electron chi connectivity index (χ3n) is 2.95. The Hall–Kier alpha value is -2.04. The minimum absolute atomic E-state index is 0.107. The highest BCUT2D eigenvalue weighted by molar-refractivity contribution is 6.00. The van der Waals surface area contributed by atoms with E-state index in [0.717, 1.165) is 11.3 Å². The van der Waals surface area contributed by atoms with Gasteiger partial charge in [0, 0.05) is 20.5 Å². The zero-order valence-corrected chi connectivity index (χ0v) is 12.3. The molecule has 0 heterocycles. The van der Waals surface area contributed by atoms with Crippen molar-refractivity contribution in [3.8, 4) is 5.75 Å². The van der Waals surface area contributed by atoms with Crippen LogP contribution in [-0.2, 0) is 4.79 Å². The normalized spacial score (nSPS) is 11.2. The fraction of sp³-hybridized carbons (Fsp3) is 0.467. The van der Waals surface area contributed by atoms with Gasteiger partial charge in [0.05, 0.1) is 12.3 Å². The first-order valence-corrected chi connectivity index (χ1v) is 6.72. The number of carbonyl (C=O) groups is 1. The van der Waals surface area contributed by atoms with Gasteiger partial charge < -0.3 is 14.8 Å². The summed E-state index contributed by atoms with van der Waals surface area (Å²) >= 11 is 0. The number of hydrogen-bond acceptors (Lipinski definition) is 4. The van der Waals surface area contributed by atoms with E-state index in [1.165, 1.54) is 0 Å². The summed E-state index contributed by atoms with van der Waals surface area (Å²) in [6.45, 7) is 2.44. The summed E-state index contributed by atoms with van der Waals surface area (Å²) < 4.78 is 5.57. The molecule has 5 heteroatoms. The number of nitrogens with zero attached hydrogens (tertiary/aromatic N) is 2. The van der Waals surface area contributed by atoms with Crippen molar-refractivity contribution in [3.05, 3.63) is 29.8 Å². The second-order valence-corrected chi connectivity index (χ2v) is 4.66. The van der Waals surface area contributed by atoms with Gasteiger partial charge in [-0.15, -0.1) is 0 Å². The van der Waals surface area contributed by atoms with Crippen LogP contribution in [0.15, 0.2) is 29.4 Å². The number of ether oxygens (including phenoxy) is 1. The molecule has 0 aromatic heterocycles. The van der Waals surface area contributed by atoms with E-state index in [1.54, 1.807) is 19.0 Å². The summed E-state index contributed by atoms with van der Waals surface area (Å²) in [4.78, 5) is 13.0. The lowest BCUT2D eigenvalue weighted by molar-refractivity contribution is -0.128. The van der Waals surface area contributed by atoms with Crippen LogP contribution in [0.3, 0.4) is 0 Å². The number of hydrogen-bond donors (Lipinski definition) is 1. The summed E-state index contributed by atoms with van der Waals surface area (Å²) in [6, 6.07) is 7.39.